The molecule has 0 unspecified atom stereocenters. The van der Waals surface area contributed by atoms with Crippen LogP contribution in [0.2, 0.25) is 0 Å². The van der Waals surface area contributed by atoms with Gasteiger partial charge in [-0.1, -0.05) is 24.3 Å². The molecule has 1 amide bonds. The van der Waals surface area contributed by atoms with Gasteiger partial charge in [0.25, 0.3) is 5.91 Å². The van der Waals surface area contributed by atoms with Crippen LogP contribution in [-0.4, -0.2) is 10.9 Å². The molecule has 2 aromatic carbocycles. The highest BCUT2D eigenvalue weighted by atomic mass is 19.1. The van der Waals surface area contributed by atoms with Gasteiger partial charge in [-0.15, -0.1) is 0 Å². The maximum atomic E-state index is 13.6. The van der Waals surface area contributed by atoms with E-state index in [0.29, 0.717) is 11.4 Å². The fourth-order valence-electron chi connectivity index (χ4n) is 2.09. The van der Waals surface area contributed by atoms with Crippen LogP contribution in [0.4, 0.5) is 26.0 Å². The minimum Gasteiger partial charge on any atom is -0.352 e. The molecule has 0 aliphatic rings. The average Bonchev–Trinajstić information content (AvgIpc) is 2.59. The minimum atomic E-state index is -0.604. The zero-order chi connectivity index (χ0) is 16.9. The van der Waals surface area contributed by atoms with Gasteiger partial charge in [0.2, 0.25) is 0 Å². The number of rotatable bonds is 4. The predicted octanol–water partition coefficient (Wildman–Crippen LogP) is 4.36. The van der Waals surface area contributed by atoms with Crippen LogP contribution in [0.25, 0.3) is 0 Å². The molecule has 0 atom stereocenters. The number of halogens is 2. The third kappa shape index (κ3) is 3.55. The normalized spacial score (nSPS) is 10.2. The second-order valence-corrected chi connectivity index (χ2v) is 4.97. The summed E-state index contributed by atoms with van der Waals surface area (Å²) in [6.07, 6.45) is 1.45. The maximum Gasteiger partial charge on any atom is 0.259 e. The maximum absolute atomic E-state index is 13.6. The molecule has 120 valence electrons. The summed E-state index contributed by atoms with van der Waals surface area (Å²) in [5.41, 5.74) is 0.819. The standard InChI is InChI=1S/C18H13F2N3O/c19-14-6-2-1-5-13(14)18(24)23-17-10-9-12(11-21-17)22-16-8-4-3-7-15(16)20/h1-11,22H,(H,21,23,24). The van der Waals surface area contributed by atoms with Crippen LogP contribution in [0, 0.1) is 11.6 Å². The summed E-state index contributed by atoms with van der Waals surface area (Å²) < 4.78 is 27.1. The van der Waals surface area contributed by atoms with Crippen molar-refractivity contribution >= 4 is 23.1 Å². The molecule has 6 heteroatoms. The highest BCUT2D eigenvalue weighted by Gasteiger charge is 2.11. The summed E-state index contributed by atoms with van der Waals surface area (Å²) in [6.45, 7) is 0. The van der Waals surface area contributed by atoms with E-state index in [-0.39, 0.29) is 17.2 Å². The van der Waals surface area contributed by atoms with E-state index < -0.39 is 11.7 Å². The lowest BCUT2D eigenvalue weighted by Crippen LogP contribution is -2.14. The predicted molar refractivity (Wildman–Crippen MR) is 88.3 cm³/mol. The van der Waals surface area contributed by atoms with Gasteiger partial charge in [-0.05, 0) is 36.4 Å². The number of hydrogen-bond donors (Lipinski definition) is 2. The number of para-hydroxylation sites is 1. The summed E-state index contributed by atoms with van der Waals surface area (Å²) in [5.74, 6) is -1.31. The van der Waals surface area contributed by atoms with Crippen LogP contribution < -0.4 is 10.6 Å². The van der Waals surface area contributed by atoms with Gasteiger partial charge in [-0.25, -0.2) is 13.8 Å². The van der Waals surface area contributed by atoms with Crippen molar-refractivity contribution in [2.45, 2.75) is 0 Å². The Bertz CT molecular complexity index is 866. The van der Waals surface area contributed by atoms with E-state index in [1.807, 2.05) is 0 Å². The molecule has 1 heterocycles. The number of amides is 1. The second kappa shape index (κ2) is 6.87. The van der Waals surface area contributed by atoms with Gasteiger partial charge >= 0.3 is 0 Å². The molecule has 0 spiro atoms. The van der Waals surface area contributed by atoms with Crippen molar-refractivity contribution in [3.63, 3.8) is 0 Å². The zero-order valence-electron chi connectivity index (χ0n) is 12.5. The SMILES string of the molecule is O=C(Nc1ccc(Nc2ccccc2F)cn1)c1ccccc1F. The highest BCUT2D eigenvalue weighted by molar-refractivity contribution is 6.03. The Balaban J connectivity index is 1.70. The number of anilines is 3. The lowest BCUT2D eigenvalue weighted by molar-refractivity contribution is 0.102. The summed E-state index contributed by atoms with van der Waals surface area (Å²) in [4.78, 5) is 16.1. The smallest absolute Gasteiger partial charge is 0.259 e. The zero-order valence-corrected chi connectivity index (χ0v) is 12.5. The van der Waals surface area contributed by atoms with Crippen molar-refractivity contribution in [3.05, 3.63) is 84.1 Å². The van der Waals surface area contributed by atoms with E-state index in [0.717, 1.165) is 0 Å². The molecular weight excluding hydrogens is 312 g/mol. The fraction of sp³-hybridized carbons (Fsp3) is 0. The summed E-state index contributed by atoms with van der Waals surface area (Å²) >= 11 is 0. The Hall–Kier alpha value is -3.28. The summed E-state index contributed by atoms with van der Waals surface area (Å²) in [5, 5.41) is 5.39. The van der Waals surface area contributed by atoms with Crippen molar-refractivity contribution in [1.29, 1.82) is 0 Å². The molecule has 3 rings (SSSR count). The number of carbonyl (C=O) groups excluding carboxylic acids is 1. The van der Waals surface area contributed by atoms with Gasteiger partial charge in [-0.3, -0.25) is 4.79 Å². The van der Waals surface area contributed by atoms with Gasteiger partial charge in [0.15, 0.2) is 0 Å². The van der Waals surface area contributed by atoms with Crippen LogP contribution in [0.5, 0.6) is 0 Å². The van der Waals surface area contributed by atoms with Gasteiger partial charge in [0.05, 0.1) is 23.1 Å². The van der Waals surface area contributed by atoms with Crippen molar-refractivity contribution in [2.75, 3.05) is 10.6 Å². The first-order valence-electron chi connectivity index (χ1n) is 7.17. The van der Waals surface area contributed by atoms with E-state index in [9.17, 15) is 13.6 Å². The molecule has 0 bridgehead atoms. The summed E-state index contributed by atoms with van der Waals surface area (Å²) in [7, 11) is 0. The topological polar surface area (TPSA) is 54.0 Å². The molecule has 0 aliphatic carbocycles. The van der Waals surface area contributed by atoms with Crippen molar-refractivity contribution in [1.82, 2.24) is 4.98 Å². The van der Waals surface area contributed by atoms with E-state index >= 15 is 0 Å². The van der Waals surface area contributed by atoms with Crippen LogP contribution >= 0.6 is 0 Å². The molecule has 2 N–H and O–H groups in total. The van der Waals surface area contributed by atoms with Gasteiger partial charge in [0.1, 0.15) is 17.5 Å². The first-order chi connectivity index (χ1) is 11.6. The van der Waals surface area contributed by atoms with Gasteiger partial charge < -0.3 is 10.6 Å². The van der Waals surface area contributed by atoms with Crippen LogP contribution in [0.3, 0.4) is 0 Å². The third-order valence-corrected chi connectivity index (χ3v) is 3.28. The van der Waals surface area contributed by atoms with E-state index in [1.54, 1.807) is 36.4 Å². The number of nitrogens with zero attached hydrogens (tertiary/aromatic N) is 1. The number of carbonyl (C=O) groups is 1. The molecular formula is C18H13F2N3O. The Kier molecular flexibility index (Phi) is 4.47. The average molecular weight is 325 g/mol. The number of benzene rings is 2. The van der Waals surface area contributed by atoms with Gasteiger partial charge in [0, 0.05) is 0 Å². The minimum absolute atomic E-state index is 0.0622. The first kappa shape index (κ1) is 15.6. The van der Waals surface area contributed by atoms with Crippen molar-refractivity contribution < 1.29 is 13.6 Å². The van der Waals surface area contributed by atoms with Gasteiger partial charge in [-0.2, -0.15) is 0 Å². The molecule has 1 aromatic heterocycles. The molecule has 0 radical (unpaired) electrons. The molecule has 3 aromatic rings. The Morgan fingerprint density at radius 3 is 2.25 bits per heavy atom. The Morgan fingerprint density at radius 2 is 1.58 bits per heavy atom. The first-order valence-corrected chi connectivity index (χ1v) is 7.17. The van der Waals surface area contributed by atoms with E-state index in [4.69, 9.17) is 0 Å². The molecule has 0 saturated carbocycles. The van der Waals surface area contributed by atoms with E-state index in [1.165, 1.54) is 30.5 Å². The largest absolute Gasteiger partial charge is 0.352 e. The van der Waals surface area contributed by atoms with Crippen LogP contribution in [0.15, 0.2) is 66.9 Å². The highest BCUT2D eigenvalue weighted by Crippen LogP contribution is 2.20. The number of hydrogen-bond acceptors (Lipinski definition) is 3. The van der Waals surface area contributed by atoms with Crippen molar-refractivity contribution in [3.8, 4) is 0 Å². The summed E-state index contributed by atoms with van der Waals surface area (Å²) in [6, 6.07) is 15.1. The molecule has 24 heavy (non-hydrogen) atoms. The van der Waals surface area contributed by atoms with Crippen molar-refractivity contribution in [2.24, 2.45) is 0 Å². The Morgan fingerprint density at radius 1 is 0.875 bits per heavy atom. The lowest BCUT2D eigenvalue weighted by atomic mass is 10.2. The lowest BCUT2D eigenvalue weighted by Gasteiger charge is -2.09. The second-order valence-electron chi connectivity index (χ2n) is 4.97. The fourth-order valence-corrected chi connectivity index (χ4v) is 2.09. The number of nitrogens with one attached hydrogen (secondary N) is 2. The quantitative estimate of drug-likeness (QED) is 0.749. The van der Waals surface area contributed by atoms with Crippen LogP contribution in [-0.2, 0) is 0 Å². The van der Waals surface area contributed by atoms with Crippen LogP contribution in [0.1, 0.15) is 10.4 Å². The number of aromatic nitrogens is 1. The number of pyridine rings is 1. The molecule has 0 aliphatic heterocycles. The van der Waals surface area contributed by atoms with E-state index in [2.05, 4.69) is 15.6 Å². The monoisotopic (exact) mass is 325 g/mol. The Labute approximate surface area is 137 Å². The molecule has 0 fully saturated rings. The molecule has 4 nitrogen and oxygen atoms in total. The third-order valence-electron chi connectivity index (χ3n) is 3.28. The molecule has 0 saturated heterocycles.